The number of methoxy groups -OCH3 is 1. The highest BCUT2D eigenvalue weighted by Crippen LogP contribution is 2.20. The third kappa shape index (κ3) is 4.13. The Kier molecular flexibility index (Phi) is 4.95. The van der Waals surface area contributed by atoms with E-state index in [9.17, 15) is 4.79 Å². The van der Waals surface area contributed by atoms with E-state index in [2.05, 4.69) is 15.1 Å². The van der Waals surface area contributed by atoms with E-state index in [4.69, 9.17) is 9.47 Å². The first-order valence-corrected chi connectivity index (χ1v) is 7.61. The van der Waals surface area contributed by atoms with Crippen LogP contribution in [0.1, 0.15) is 39.5 Å². The van der Waals surface area contributed by atoms with Gasteiger partial charge in [0.15, 0.2) is 5.82 Å². The van der Waals surface area contributed by atoms with Crippen LogP contribution in [0.5, 0.6) is 0 Å². The van der Waals surface area contributed by atoms with Gasteiger partial charge in [-0.15, -0.1) is 0 Å². The third-order valence-electron chi connectivity index (χ3n) is 3.63. The molecule has 1 saturated heterocycles. The molecule has 7 heteroatoms. The number of H-pyrrole nitrogens is 1. The summed E-state index contributed by atoms with van der Waals surface area (Å²) in [7, 11) is 1.67. The van der Waals surface area contributed by atoms with Gasteiger partial charge in [-0.05, 0) is 27.7 Å². The van der Waals surface area contributed by atoms with Gasteiger partial charge < -0.3 is 19.3 Å². The summed E-state index contributed by atoms with van der Waals surface area (Å²) < 4.78 is 10.7. The minimum Gasteiger partial charge on any atom is -0.444 e. The van der Waals surface area contributed by atoms with Crippen LogP contribution in [-0.4, -0.2) is 60.1 Å². The fourth-order valence-electron chi connectivity index (χ4n) is 2.27. The molecule has 1 aromatic heterocycles. The van der Waals surface area contributed by atoms with Gasteiger partial charge in [0, 0.05) is 39.4 Å². The molecule has 124 valence electrons. The molecule has 1 atom stereocenters. The first kappa shape index (κ1) is 16.6. The van der Waals surface area contributed by atoms with Crippen molar-refractivity contribution in [2.75, 3.05) is 38.2 Å². The van der Waals surface area contributed by atoms with E-state index in [1.165, 1.54) is 0 Å². The molecule has 0 radical (unpaired) electrons. The molecule has 1 N–H and O–H groups in total. The molecule has 1 fully saturated rings. The van der Waals surface area contributed by atoms with E-state index in [1.54, 1.807) is 12.0 Å². The molecule has 1 unspecified atom stereocenters. The quantitative estimate of drug-likeness (QED) is 0.926. The smallest absolute Gasteiger partial charge is 0.410 e. The van der Waals surface area contributed by atoms with Crippen LogP contribution in [0.25, 0.3) is 0 Å². The topological polar surface area (TPSA) is 70.7 Å². The van der Waals surface area contributed by atoms with Crippen molar-refractivity contribution in [1.82, 2.24) is 15.1 Å². The van der Waals surface area contributed by atoms with Gasteiger partial charge in [-0.25, -0.2) is 4.79 Å². The summed E-state index contributed by atoms with van der Waals surface area (Å²) in [5, 5.41) is 7.32. The lowest BCUT2D eigenvalue weighted by Gasteiger charge is -2.35. The van der Waals surface area contributed by atoms with Crippen LogP contribution in [0, 0.1) is 0 Å². The van der Waals surface area contributed by atoms with Crippen molar-refractivity contribution >= 4 is 11.9 Å². The number of nitrogens with one attached hydrogen (secondary N) is 1. The number of amides is 1. The zero-order valence-corrected chi connectivity index (χ0v) is 14.0. The van der Waals surface area contributed by atoms with Crippen molar-refractivity contribution in [3.05, 3.63) is 11.8 Å². The van der Waals surface area contributed by atoms with Gasteiger partial charge in [0.2, 0.25) is 0 Å². The van der Waals surface area contributed by atoms with Crippen molar-refractivity contribution in [1.29, 1.82) is 0 Å². The Morgan fingerprint density at radius 2 is 1.95 bits per heavy atom. The maximum absolute atomic E-state index is 12.0. The number of carbonyl (C=O) groups excluding carboxylic acids is 1. The maximum atomic E-state index is 12.0. The lowest BCUT2D eigenvalue weighted by Crippen LogP contribution is -2.50. The number of aromatic nitrogens is 2. The first-order chi connectivity index (χ1) is 10.3. The van der Waals surface area contributed by atoms with Crippen LogP contribution < -0.4 is 4.90 Å². The second-order valence-corrected chi connectivity index (χ2v) is 6.51. The van der Waals surface area contributed by atoms with Crippen LogP contribution in [0.3, 0.4) is 0 Å². The molecular weight excluding hydrogens is 284 g/mol. The maximum Gasteiger partial charge on any atom is 0.410 e. The Labute approximate surface area is 131 Å². The number of aromatic amines is 1. The highest BCUT2D eigenvalue weighted by atomic mass is 16.6. The summed E-state index contributed by atoms with van der Waals surface area (Å²) in [4.78, 5) is 15.9. The fourth-order valence-corrected chi connectivity index (χ4v) is 2.27. The number of ether oxygens (including phenoxy) is 2. The molecule has 0 aliphatic carbocycles. The molecule has 0 spiro atoms. The number of piperazine rings is 1. The van der Waals surface area contributed by atoms with Crippen LogP contribution in [0.15, 0.2) is 6.07 Å². The zero-order valence-electron chi connectivity index (χ0n) is 14.0. The van der Waals surface area contributed by atoms with E-state index in [0.29, 0.717) is 13.1 Å². The van der Waals surface area contributed by atoms with E-state index >= 15 is 0 Å². The van der Waals surface area contributed by atoms with E-state index in [1.807, 2.05) is 33.8 Å². The molecule has 7 nitrogen and oxygen atoms in total. The minimum absolute atomic E-state index is 0.00991. The number of carbonyl (C=O) groups is 1. The highest BCUT2D eigenvalue weighted by molar-refractivity contribution is 5.68. The highest BCUT2D eigenvalue weighted by Gasteiger charge is 2.26. The van der Waals surface area contributed by atoms with Gasteiger partial charge in [-0.1, -0.05) is 0 Å². The van der Waals surface area contributed by atoms with Gasteiger partial charge in [0.1, 0.15) is 5.60 Å². The molecule has 1 amide bonds. The van der Waals surface area contributed by atoms with E-state index in [0.717, 1.165) is 24.6 Å². The Morgan fingerprint density at radius 1 is 1.32 bits per heavy atom. The number of hydrogen-bond acceptors (Lipinski definition) is 5. The largest absolute Gasteiger partial charge is 0.444 e. The average molecular weight is 310 g/mol. The van der Waals surface area contributed by atoms with Crippen LogP contribution in [0.2, 0.25) is 0 Å². The predicted octanol–water partition coefficient (Wildman–Crippen LogP) is 2.17. The van der Waals surface area contributed by atoms with Crippen molar-refractivity contribution < 1.29 is 14.3 Å². The number of nitrogens with zero attached hydrogens (tertiary/aromatic N) is 3. The number of rotatable bonds is 3. The monoisotopic (exact) mass is 310 g/mol. The summed E-state index contributed by atoms with van der Waals surface area (Å²) in [6.07, 6.45) is -0.257. The lowest BCUT2D eigenvalue weighted by atomic mass is 10.2. The van der Waals surface area contributed by atoms with Crippen LogP contribution in [-0.2, 0) is 9.47 Å². The summed E-state index contributed by atoms with van der Waals surface area (Å²) >= 11 is 0. The summed E-state index contributed by atoms with van der Waals surface area (Å²) in [5.41, 5.74) is 0.494. The molecule has 0 aromatic carbocycles. The normalized spacial score (nSPS) is 17.5. The summed E-state index contributed by atoms with van der Waals surface area (Å²) in [6.45, 7) is 10.4. The van der Waals surface area contributed by atoms with Crippen molar-refractivity contribution in [3.8, 4) is 0 Å². The Morgan fingerprint density at radius 3 is 2.50 bits per heavy atom. The van der Waals surface area contributed by atoms with Gasteiger partial charge in [0.05, 0.1) is 11.8 Å². The Balaban J connectivity index is 1.89. The van der Waals surface area contributed by atoms with Crippen molar-refractivity contribution in [2.24, 2.45) is 0 Å². The molecule has 1 aromatic rings. The molecule has 1 aliphatic heterocycles. The number of anilines is 1. The van der Waals surface area contributed by atoms with Gasteiger partial charge in [-0.2, -0.15) is 5.10 Å². The first-order valence-electron chi connectivity index (χ1n) is 7.61. The molecular formula is C15H26N4O3. The Hall–Kier alpha value is -1.76. The molecule has 1 aliphatic rings. The van der Waals surface area contributed by atoms with Gasteiger partial charge >= 0.3 is 6.09 Å². The summed E-state index contributed by atoms with van der Waals surface area (Å²) in [5.74, 6) is 0.891. The van der Waals surface area contributed by atoms with Gasteiger partial charge in [0.25, 0.3) is 0 Å². The fraction of sp³-hybridized carbons (Fsp3) is 0.733. The zero-order chi connectivity index (χ0) is 16.3. The second kappa shape index (κ2) is 6.56. The second-order valence-electron chi connectivity index (χ2n) is 6.51. The van der Waals surface area contributed by atoms with Gasteiger partial charge in [-0.3, -0.25) is 5.10 Å². The molecule has 0 bridgehead atoms. The molecule has 2 heterocycles. The van der Waals surface area contributed by atoms with Crippen molar-refractivity contribution in [3.63, 3.8) is 0 Å². The van der Waals surface area contributed by atoms with Crippen molar-refractivity contribution in [2.45, 2.75) is 39.4 Å². The van der Waals surface area contributed by atoms with E-state index < -0.39 is 5.60 Å². The van der Waals surface area contributed by atoms with Crippen LogP contribution >= 0.6 is 0 Å². The SMILES string of the molecule is COC(C)c1cc(N2CCN(C(=O)OC(C)(C)C)CC2)n[nH]1. The minimum atomic E-state index is -0.457. The molecule has 22 heavy (non-hydrogen) atoms. The third-order valence-corrected chi connectivity index (χ3v) is 3.63. The standard InChI is InChI=1S/C15H26N4O3/c1-11(21-5)12-10-13(17-16-12)18-6-8-19(9-7-18)14(20)22-15(2,3)4/h10-11H,6-9H2,1-5H3,(H,16,17). The predicted molar refractivity (Wildman–Crippen MR) is 84.0 cm³/mol. The average Bonchev–Trinajstić information content (AvgIpc) is 2.94. The number of hydrogen-bond donors (Lipinski definition) is 1. The Bertz CT molecular complexity index is 501. The molecule has 0 saturated carbocycles. The summed E-state index contributed by atoms with van der Waals surface area (Å²) in [6, 6.07) is 2.00. The molecule has 2 rings (SSSR count). The van der Waals surface area contributed by atoms with E-state index in [-0.39, 0.29) is 12.2 Å². The lowest BCUT2D eigenvalue weighted by molar-refractivity contribution is 0.0240. The van der Waals surface area contributed by atoms with Crippen LogP contribution in [0.4, 0.5) is 10.6 Å².